The van der Waals surface area contributed by atoms with Gasteiger partial charge in [0.2, 0.25) is 0 Å². The largest absolute Gasteiger partial charge is 0.496 e. The Balaban J connectivity index is 2.41. The Morgan fingerprint density at radius 1 is 1.18 bits per heavy atom. The number of benzene rings is 2. The molecule has 0 radical (unpaired) electrons. The predicted octanol–water partition coefficient (Wildman–Crippen LogP) is 4.16. The molecule has 0 aliphatic rings. The van der Waals surface area contributed by atoms with Gasteiger partial charge in [0.05, 0.1) is 23.9 Å². The zero-order valence-corrected chi connectivity index (χ0v) is 11.4. The Morgan fingerprint density at radius 2 is 1.86 bits per heavy atom. The topological polar surface area (TPSA) is 58.6 Å². The maximum atomic E-state index is 13.0. The summed E-state index contributed by atoms with van der Waals surface area (Å²) in [4.78, 5) is 11.1. The van der Waals surface area contributed by atoms with Gasteiger partial charge in [-0.25, -0.2) is 4.79 Å². The molecule has 4 nitrogen and oxygen atoms in total. The van der Waals surface area contributed by atoms with Crippen molar-refractivity contribution in [3.05, 3.63) is 53.6 Å². The molecule has 2 N–H and O–H groups in total. The van der Waals surface area contributed by atoms with Crippen LogP contribution in [-0.4, -0.2) is 18.2 Å². The van der Waals surface area contributed by atoms with Crippen molar-refractivity contribution in [3.8, 4) is 5.75 Å². The number of methoxy groups -OCH3 is 1. The van der Waals surface area contributed by atoms with Crippen LogP contribution >= 0.6 is 0 Å². The number of carboxylic acids is 1. The van der Waals surface area contributed by atoms with E-state index in [1.54, 1.807) is 6.07 Å². The summed E-state index contributed by atoms with van der Waals surface area (Å²) in [5.41, 5.74) is -0.658. The third-order valence-electron chi connectivity index (χ3n) is 2.94. The van der Waals surface area contributed by atoms with Gasteiger partial charge in [-0.05, 0) is 30.3 Å². The van der Waals surface area contributed by atoms with Crippen LogP contribution < -0.4 is 10.1 Å². The molecular formula is C15H12F3NO3. The Bertz CT molecular complexity index is 699. The van der Waals surface area contributed by atoms with E-state index in [1.165, 1.54) is 30.3 Å². The Labute approximate surface area is 124 Å². The van der Waals surface area contributed by atoms with Gasteiger partial charge in [0.15, 0.2) is 0 Å². The molecule has 0 spiro atoms. The molecule has 22 heavy (non-hydrogen) atoms. The number of hydrogen-bond acceptors (Lipinski definition) is 3. The maximum Gasteiger partial charge on any atom is 0.420 e. The second-order valence-corrected chi connectivity index (χ2v) is 4.39. The van der Waals surface area contributed by atoms with Gasteiger partial charge in [0.1, 0.15) is 5.75 Å². The lowest BCUT2D eigenvalue weighted by Gasteiger charge is -2.15. The van der Waals surface area contributed by atoms with Crippen molar-refractivity contribution >= 4 is 17.3 Å². The second-order valence-electron chi connectivity index (χ2n) is 4.39. The van der Waals surface area contributed by atoms with Crippen LogP contribution in [0, 0.1) is 0 Å². The fourth-order valence-electron chi connectivity index (χ4n) is 1.94. The van der Waals surface area contributed by atoms with Gasteiger partial charge in [-0.2, -0.15) is 13.2 Å². The van der Waals surface area contributed by atoms with Crippen molar-refractivity contribution in [2.45, 2.75) is 6.18 Å². The molecule has 2 aromatic rings. The van der Waals surface area contributed by atoms with E-state index in [1.807, 2.05) is 0 Å². The van der Waals surface area contributed by atoms with Gasteiger partial charge >= 0.3 is 12.1 Å². The zero-order chi connectivity index (χ0) is 16.3. The van der Waals surface area contributed by atoms with Gasteiger partial charge < -0.3 is 15.2 Å². The van der Waals surface area contributed by atoms with Crippen molar-refractivity contribution in [3.63, 3.8) is 0 Å². The fraction of sp³-hybridized carbons (Fsp3) is 0.133. The van der Waals surface area contributed by atoms with Gasteiger partial charge in [0.25, 0.3) is 0 Å². The fourth-order valence-corrected chi connectivity index (χ4v) is 1.94. The molecule has 0 bridgehead atoms. The van der Waals surface area contributed by atoms with Crippen molar-refractivity contribution in [2.24, 2.45) is 0 Å². The van der Waals surface area contributed by atoms with Crippen molar-refractivity contribution < 1.29 is 27.8 Å². The first kappa shape index (κ1) is 15.7. The SMILES string of the molecule is COc1ccc(Nc2ccccc2C(=O)O)cc1C(F)(F)F. The number of carboxylic acid groups (broad SMARTS) is 1. The van der Waals surface area contributed by atoms with Crippen LogP contribution in [0.5, 0.6) is 5.75 Å². The van der Waals surface area contributed by atoms with Crippen LogP contribution in [0.1, 0.15) is 15.9 Å². The lowest BCUT2D eigenvalue weighted by atomic mass is 10.1. The van der Waals surface area contributed by atoms with E-state index in [4.69, 9.17) is 9.84 Å². The van der Waals surface area contributed by atoms with E-state index in [0.717, 1.165) is 13.2 Å². The van der Waals surface area contributed by atoms with E-state index in [-0.39, 0.29) is 22.7 Å². The first-order chi connectivity index (χ1) is 10.3. The molecule has 0 aliphatic heterocycles. The van der Waals surface area contributed by atoms with Crippen LogP contribution in [0.25, 0.3) is 0 Å². The summed E-state index contributed by atoms with van der Waals surface area (Å²) < 4.78 is 43.6. The number of carbonyl (C=O) groups is 1. The van der Waals surface area contributed by atoms with Crippen LogP contribution in [0.2, 0.25) is 0 Å². The standard InChI is InChI=1S/C15H12F3NO3/c1-22-13-7-6-9(8-11(13)15(16,17)18)19-12-5-3-2-4-10(12)14(20)21/h2-8,19H,1H3,(H,20,21). The number of ether oxygens (including phenoxy) is 1. The highest BCUT2D eigenvalue weighted by molar-refractivity contribution is 5.95. The van der Waals surface area contributed by atoms with Crippen LogP contribution in [-0.2, 0) is 6.18 Å². The number of anilines is 2. The summed E-state index contributed by atoms with van der Waals surface area (Å²) in [5, 5.41) is 11.8. The first-order valence-electron chi connectivity index (χ1n) is 6.17. The van der Waals surface area contributed by atoms with Gasteiger partial charge in [-0.3, -0.25) is 0 Å². The predicted molar refractivity (Wildman–Crippen MR) is 74.7 cm³/mol. The lowest BCUT2D eigenvalue weighted by molar-refractivity contribution is -0.138. The molecule has 116 valence electrons. The average molecular weight is 311 g/mol. The minimum Gasteiger partial charge on any atom is -0.496 e. The molecule has 0 fully saturated rings. The summed E-state index contributed by atoms with van der Waals surface area (Å²) in [6.45, 7) is 0. The minimum absolute atomic E-state index is 0.0353. The second kappa shape index (κ2) is 5.97. The highest BCUT2D eigenvalue weighted by Crippen LogP contribution is 2.38. The number of para-hydroxylation sites is 1. The molecule has 0 aliphatic carbocycles. The van der Waals surface area contributed by atoms with Crippen molar-refractivity contribution in [2.75, 3.05) is 12.4 Å². The third kappa shape index (κ3) is 3.30. The highest BCUT2D eigenvalue weighted by Gasteiger charge is 2.34. The molecule has 0 heterocycles. The van der Waals surface area contributed by atoms with Crippen molar-refractivity contribution in [1.29, 1.82) is 0 Å². The van der Waals surface area contributed by atoms with E-state index < -0.39 is 17.7 Å². The number of aromatic carboxylic acids is 1. The Morgan fingerprint density at radius 3 is 2.45 bits per heavy atom. The van der Waals surface area contributed by atoms with E-state index in [0.29, 0.717) is 0 Å². The molecule has 7 heteroatoms. The smallest absolute Gasteiger partial charge is 0.420 e. The lowest BCUT2D eigenvalue weighted by Crippen LogP contribution is -2.08. The Hall–Kier alpha value is -2.70. The number of halogens is 3. The molecule has 2 rings (SSSR count). The zero-order valence-electron chi connectivity index (χ0n) is 11.4. The summed E-state index contributed by atoms with van der Waals surface area (Å²) in [5.74, 6) is -1.47. The number of alkyl halides is 3. The molecule has 0 atom stereocenters. The van der Waals surface area contributed by atoms with Crippen molar-refractivity contribution in [1.82, 2.24) is 0 Å². The molecule has 0 unspecified atom stereocenters. The van der Waals surface area contributed by atoms with Gasteiger partial charge in [0, 0.05) is 5.69 Å². The Kier molecular flexibility index (Phi) is 4.25. The van der Waals surface area contributed by atoms with E-state index in [2.05, 4.69) is 5.32 Å². The maximum absolute atomic E-state index is 13.0. The molecule has 0 saturated heterocycles. The monoisotopic (exact) mass is 311 g/mol. The molecule has 0 amide bonds. The molecule has 0 aromatic heterocycles. The molecular weight excluding hydrogens is 299 g/mol. The summed E-state index contributed by atoms with van der Waals surface area (Å²) in [7, 11) is 1.15. The third-order valence-corrected chi connectivity index (χ3v) is 2.94. The normalized spacial score (nSPS) is 11.1. The summed E-state index contributed by atoms with van der Waals surface area (Å²) in [6, 6.07) is 9.38. The highest BCUT2D eigenvalue weighted by atomic mass is 19.4. The first-order valence-corrected chi connectivity index (χ1v) is 6.17. The van der Waals surface area contributed by atoms with E-state index in [9.17, 15) is 18.0 Å². The number of hydrogen-bond donors (Lipinski definition) is 2. The van der Waals surface area contributed by atoms with E-state index >= 15 is 0 Å². The summed E-state index contributed by atoms with van der Waals surface area (Å²) >= 11 is 0. The van der Waals surface area contributed by atoms with Gasteiger partial charge in [-0.1, -0.05) is 12.1 Å². The minimum atomic E-state index is -4.57. The van der Waals surface area contributed by atoms with Crippen LogP contribution in [0.15, 0.2) is 42.5 Å². The van der Waals surface area contributed by atoms with Gasteiger partial charge in [-0.15, -0.1) is 0 Å². The van der Waals surface area contributed by atoms with Crippen LogP contribution in [0.4, 0.5) is 24.5 Å². The molecule has 2 aromatic carbocycles. The number of rotatable bonds is 4. The number of nitrogens with one attached hydrogen (secondary N) is 1. The average Bonchev–Trinajstić information content (AvgIpc) is 2.46. The summed E-state index contributed by atoms with van der Waals surface area (Å²) in [6.07, 6.45) is -4.57. The quantitative estimate of drug-likeness (QED) is 0.890. The molecule has 0 saturated carbocycles. The van der Waals surface area contributed by atoms with Crippen LogP contribution in [0.3, 0.4) is 0 Å².